The Hall–Kier alpha value is -2.93. The number of aryl methyl sites for hydroxylation is 2. The number of nitrogens with zero attached hydrogens (tertiary/aromatic N) is 2. The predicted octanol–water partition coefficient (Wildman–Crippen LogP) is 4.70. The molecule has 3 rings (SSSR count). The Morgan fingerprint density at radius 1 is 1.00 bits per heavy atom. The minimum absolute atomic E-state index is 0.000371. The van der Waals surface area contributed by atoms with Gasteiger partial charge in [-0.25, -0.2) is 0 Å². The first-order valence-corrected chi connectivity index (χ1v) is 10.6. The molecule has 0 saturated carbocycles. The second kappa shape index (κ2) is 8.83. The smallest absolute Gasteiger partial charge is 0.277 e. The highest BCUT2D eigenvalue weighted by molar-refractivity contribution is 7.99. The monoisotopic (exact) mass is 423 g/mol. The Morgan fingerprint density at radius 2 is 1.70 bits per heavy atom. The SMILES string of the molecule is Cc1ccc(-c2nnc(SCC(=O)NC(=O)c3ccc(C(C)(C)C)cc3)o2)cc1C. The van der Waals surface area contributed by atoms with E-state index < -0.39 is 11.8 Å². The molecule has 6 nitrogen and oxygen atoms in total. The van der Waals surface area contributed by atoms with Crippen molar-refractivity contribution in [2.75, 3.05) is 5.75 Å². The van der Waals surface area contributed by atoms with Crippen molar-refractivity contribution < 1.29 is 14.0 Å². The third-order valence-corrected chi connectivity index (χ3v) is 5.57. The summed E-state index contributed by atoms with van der Waals surface area (Å²) >= 11 is 1.09. The fourth-order valence-corrected chi connectivity index (χ4v) is 3.31. The lowest BCUT2D eigenvalue weighted by molar-refractivity contribution is -0.117. The van der Waals surface area contributed by atoms with Crippen molar-refractivity contribution in [3.8, 4) is 11.5 Å². The molecule has 0 bridgehead atoms. The van der Waals surface area contributed by atoms with E-state index in [1.54, 1.807) is 12.1 Å². The average molecular weight is 424 g/mol. The van der Waals surface area contributed by atoms with Gasteiger partial charge in [0.2, 0.25) is 11.8 Å². The normalized spacial score (nSPS) is 11.4. The number of imide groups is 1. The van der Waals surface area contributed by atoms with Crippen molar-refractivity contribution in [3.63, 3.8) is 0 Å². The molecule has 0 aliphatic carbocycles. The first-order valence-electron chi connectivity index (χ1n) is 9.62. The third-order valence-electron chi connectivity index (χ3n) is 4.75. The van der Waals surface area contributed by atoms with Gasteiger partial charge >= 0.3 is 0 Å². The summed E-state index contributed by atoms with van der Waals surface area (Å²) in [6.45, 7) is 10.4. The number of aromatic nitrogens is 2. The second-order valence-electron chi connectivity index (χ2n) is 8.17. The molecule has 1 aromatic heterocycles. The van der Waals surface area contributed by atoms with Gasteiger partial charge in [-0.3, -0.25) is 14.9 Å². The molecule has 2 amide bonds. The fraction of sp³-hybridized carbons (Fsp3) is 0.304. The minimum atomic E-state index is -0.428. The number of nitrogens with one attached hydrogen (secondary N) is 1. The average Bonchev–Trinajstić information content (AvgIpc) is 3.17. The molecule has 156 valence electrons. The lowest BCUT2D eigenvalue weighted by Crippen LogP contribution is -2.31. The first kappa shape index (κ1) is 21.8. The summed E-state index contributed by atoms with van der Waals surface area (Å²) in [5.74, 6) is -0.449. The summed E-state index contributed by atoms with van der Waals surface area (Å²) in [4.78, 5) is 24.4. The number of carbonyl (C=O) groups excluding carboxylic acids is 2. The van der Waals surface area contributed by atoms with Crippen LogP contribution in [0.5, 0.6) is 0 Å². The van der Waals surface area contributed by atoms with Crippen molar-refractivity contribution in [2.45, 2.75) is 45.3 Å². The van der Waals surface area contributed by atoms with Crippen LogP contribution in [0.3, 0.4) is 0 Å². The molecule has 1 N–H and O–H groups in total. The number of hydrogen-bond acceptors (Lipinski definition) is 6. The van der Waals surface area contributed by atoms with Crippen LogP contribution in [-0.4, -0.2) is 27.8 Å². The van der Waals surface area contributed by atoms with Gasteiger partial charge in [-0.05, 0) is 60.2 Å². The number of hydrogen-bond donors (Lipinski definition) is 1. The highest BCUT2D eigenvalue weighted by atomic mass is 32.2. The maximum Gasteiger partial charge on any atom is 0.277 e. The molecule has 3 aromatic rings. The van der Waals surface area contributed by atoms with Gasteiger partial charge in [0.25, 0.3) is 11.1 Å². The van der Waals surface area contributed by atoms with Crippen LogP contribution in [0.4, 0.5) is 0 Å². The summed E-state index contributed by atoms with van der Waals surface area (Å²) < 4.78 is 5.63. The Kier molecular flexibility index (Phi) is 6.41. The number of thioether (sulfide) groups is 1. The van der Waals surface area contributed by atoms with E-state index >= 15 is 0 Å². The van der Waals surface area contributed by atoms with E-state index in [1.165, 1.54) is 5.56 Å². The van der Waals surface area contributed by atoms with Crippen molar-refractivity contribution in [2.24, 2.45) is 0 Å². The Morgan fingerprint density at radius 3 is 2.33 bits per heavy atom. The summed E-state index contributed by atoms with van der Waals surface area (Å²) in [5, 5.41) is 10.7. The quantitative estimate of drug-likeness (QED) is 0.599. The largest absolute Gasteiger partial charge is 0.411 e. The Labute approximate surface area is 180 Å². The maximum atomic E-state index is 12.3. The van der Waals surface area contributed by atoms with E-state index in [1.807, 2.05) is 44.2 Å². The molecule has 0 unspecified atom stereocenters. The van der Waals surface area contributed by atoms with Crippen molar-refractivity contribution >= 4 is 23.6 Å². The van der Waals surface area contributed by atoms with Gasteiger partial charge in [0, 0.05) is 11.1 Å². The molecule has 2 aromatic carbocycles. The zero-order valence-corrected chi connectivity index (χ0v) is 18.6. The molecule has 0 fully saturated rings. The molecule has 0 saturated heterocycles. The maximum absolute atomic E-state index is 12.3. The molecule has 0 spiro atoms. The molecular weight excluding hydrogens is 398 g/mol. The van der Waals surface area contributed by atoms with Crippen LogP contribution in [0.2, 0.25) is 0 Å². The predicted molar refractivity (Wildman–Crippen MR) is 118 cm³/mol. The first-order chi connectivity index (χ1) is 14.1. The zero-order valence-electron chi connectivity index (χ0n) is 17.8. The van der Waals surface area contributed by atoms with Gasteiger partial charge in [0.15, 0.2) is 0 Å². The highest BCUT2D eigenvalue weighted by Gasteiger charge is 2.16. The van der Waals surface area contributed by atoms with Crippen molar-refractivity contribution in [1.29, 1.82) is 0 Å². The van der Waals surface area contributed by atoms with E-state index in [4.69, 9.17) is 4.42 Å². The standard InChI is InChI=1S/C23H25N3O3S/c1-14-6-7-17(12-15(14)2)21-25-26-22(29-21)30-13-19(27)24-20(28)16-8-10-18(11-9-16)23(3,4)5/h6-12H,13H2,1-5H3,(H,24,27,28). The van der Waals surface area contributed by atoms with Gasteiger partial charge in [0.1, 0.15) is 0 Å². The minimum Gasteiger partial charge on any atom is -0.411 e. The van der Waals surface area contributed by atoms with Gasteiger partial charge in [-0.15, -0.1) is 10.2 Å². The van der Waals surface area contributed by atoms with E-state index in [-0.39, 0.29) is 16.4 Å². The lowest BCUT2D eigenvalue weighted by Gasteiger charge is -2.18. The summed E-state index contributed by atoms with van der Waals surface area (Å²) in [7, 11) is 0. The van der Waals surface area contributed by atoms with E-state index in [2.05, 4.69) is 36.3 Å². The molecule has 7 heteroatoms. The van der Waals surface area contributed by atoms with Crippen LogP contribution in [0.1, 0.15) is 47.8 Å². The third kappa shape index (κ3) is 5.36. The summed E-state index contributed by atoms with van der Waals surface area (Å²) in [6.07, 6.45) is 0. The molecular formula is C23H25N3O3S. The highest BCUT2D eigenvalue weighted by Crippen LogP contribution is 2.25. The topological polar surface area (TPSA) is 85.1 Å². The molecule has 0 aliphatic heterocycles. The summed E-state index contributed by atoms with van der Waals surface area (Å²) in [5.41, 5.74) is 4.71. The van der Waals surface area contributed by atoms with Gasteiger partial charge < -0.3 is 4.42 Å². The zero-order chi connectivity index (χ0) is 21.9. The van der Waals surface area contributed by atoms with E-state index in [0.29, 0.717) is 11.5 Å². The number of carbonyl (C=O) groups is 2. The number of amides is 2. The molecule has 0 atom stereocenters. The molecule has 0 radical (unpaired) electrons. The summed E-state index contributed by atoms with van der Waals surface area (Å²) in [6, 6.07) is 13.2. The Bertz CT molecular complexity index is 1070. The molecule has 1 heterocycles. The molecule has 30 heavy (non-hydrogen) atoms. The van der Waals surface area contributed by atoms with Crippen LogP contribution in [-0.2, 0) is 10.2 Å². The van der Waals surface area contributed by atoms with Gasteiger partial charge in [-0.1, -0.05) is 50.7 Å². The number of benzene rings is 2. The van der Waals surface area contributed by atoms with Crippen LogP contribution in [0, 0.1) is 13.8 Å². The number of rotatable bonds is 5. The molecule has 0 aliphatic rings. The van der Waals surface area contributed by atoms with Crippen LogP contribution in [0.25, 0.3) is 11.5 Å². The van der Waals surface area contributed by atoms with E-state index in [9.17, 15) is 9.59 Å². The van der Waals surface area contributed by atoms with Crippen LogP contribution in [0.15, 0.2) is 52.1 Å². The fourth-order valence-electron chi connectivity index (χ4n) is 2.74. The van der Waals surface area contributed by atoms with E-state index in [0.717, 1.165) is 28.5 Å². The van der Waals surface area contributed by atoms with Crippen LogP contribution >= 0.6 is 11.8 Å². The van der Waals surface area contributed by atoms with Crippen molar-refractivity contribution in [3.05, 3.63) is 64.7 Å². The van der Waals surface area contributed by atoms with Crippen LogP contribution < -0.4 is 5.32 Å². The van der Waals surface area contributed by atoms with Gasteiger partial charge in [-0.2, -0.15) is 0 Å². The lowest BCUT2D eigenvalue weighted by atomic mass is 9.87. The Balaban J connectivity index is 1.55. The van der Waals surface area contributed by atoms with Gasteiger partial charge in [0.05, 0.1) is 5.75 Å². The van der Waals surface area contributed by atoms with Crippen molar-refractivity contribution in [1.82, 2.24) is 15.5 Å². The second-order valence-corrected chi connectivity index (χ2v) is 9.09.